The third-order valence-electron chi connectivity index (χ3n) is 7.64. The van der Waals surface area contributed by atoms with E-state index in [9.17, 15) is 18.0 Å². The van der Waals surface area contributed by atoms with Crippen LogP contribution in [-0.4, -0.2) is 70.8 Å². The summed E-state index contributed by atoms with van der Waals surface area (Å²) in [6.45, 7) is 4.60. The van der Waals surface area contributed by atoms with Crippen LogP contribution in [0.25, 0.3) is 0 Å². The van der Waals surface area contributed by atoms with Gasteiger partial charge in [-0.05, 0) is 56.7 Å². The van der Waals surface area contributed by atoms with E-state index >= 15 is 0 Å². The van der Waals surface area contributed by atoms with Crippen LogP contribution in [0.4, 0.5) is 18.9 Å². The summed E-state index contributed by atoms with van der Waals surface area (Å²) in [7, 11) is 1.93. The lowest BCUT2D eigenvalue weighted by atomic mass is 9.89. The van der Waals surface area contributed by atoms with Gasteiger partial charge < -0.3 is 9.80 Å². The van der Waals surface area contributed by atoms with Gasteiger partial charge in [-0.1, -0.05) is 6.07 Å². The van der Waals surface area contributed by atoms with E-state index in [2.05, 4.69) is 10.00 Å². The first kappa shape index (κ1) is 23.2. The summed E-state index contributed by atoms with van der Waals surface area (Å²) in [5.41, 5.74) is 2.90. The van der Waals surface area contributed by atoms with Crippen molar-refractivity contribution in [1.82, 2.24) is 19.6 Å². The van der Waals surface area contributed by atoms with Crippen LogP contribution in [0.2, 0.25) is 0 Å². The molecular formula is C25H32F3N5O. The van der Waals surface area contributed by atoms with E-state index in [4.69, 9.17) is 0 Å². The monoisotopic (exact) mass is 475 g/mol. The van der Waals surface area contributed by atoms with Gasteiger partial charge in [-0.15, -0.1) is 0 Å². The molecule has 2 aromatic rings. The zero-order valence-electron chi connectivity index (χ0n) is 19.7. The molecule has 2 aliphatic heterocycles. The standard InChI is InChI=1S/C25H32F3N5O/c1-30-22-9-8-20(17-21(22)23(29-30)24(34)33-10-3-2-4-11-33)32-14-12-31(13-15-32)19-7-5-6-18(16-19)25(26,27)28/h5-7,16,20H,2-4,8-15,17H2,1H3. The third-order valence-corrected chi connectivity index (χ3v) is 7.64. The van der Waals surface area contributed by atoms with E-state index in [1.165, 1.54) is 24.2 Å². The number of hydrogen-bond acceptors (Lipinski definition) is 4. The number of carbonyl (C=O) groups is 1. The molecule has 2 fully saturated rings. The Kier molecular flexibility index (Phi) is 6.31. The van der Waals surface area contributed by atoms with Crippen molar-refractivity contribution in [2.24, 2.45) is 7.05 Å². The summed E-state index contributed by atoms with van der Waals surface area (Å²) in [5.74, 6) is 0.0616. The van der Waals surface area contributed by atoms with E-state index in [1.807, 2.05) is 21.5 Å². The number of aromatic nitrogens is 2. The zero-order valence-corrected chi connectivity index (χ0v) is 19.7. The topological polar surface area (TPSA) is 44.6 Å². The molecule has 9 heteroatoms. The van der Waals surface area contributed by atoms with E-state index < -0.39 is 11.7 Å². The van der Waals surface area contributed by atoms with Crippen LogP contribution in [0.1, 0.15) is 53.0 Å². The first-order valence-electron chi connectivity index (χ1n) is 12.3. The molecule has 0 radical (unpaired) electrons. The molecule has 0 spiro atoms. The predicted octanol–water partition coefficient (Wildman–Crippen LogP) is 3.74. The summed E-state index contributed by atoms with van der Waals surface area (Å²) in [6.07, 6.45) is 1.67. The highest BCUT2D eigenvalue weighted by molar-refractivity contribution is 5.94. The molecule has 1 unspecified atom stereocenters. The first-order chi connectivity index (χ1) is 16.3. The molecule has 3 aliphatic rings. The Balaban J connectivity index is 1.25. The molecule has 1 atom stereocenters. The molecular weight excluding hydrogens is 443 g/mol. The number of piperazine rings is 1. The fourth-order valence-corrected chi connectivity index (χ4v) is 5.73. The van der Waals surface area contributed by atoms with Gasteiger partial charge in [0.05, 0.1) is 5.56 Å². The highest BCUT2D eigenvalue weighted by Crippen LogP contribution is 2.33. The molecule has 1 aliphatic carbocycles. The van der Waals surface area contributed by atoms with E-state index in [0.29, 0.717) is 30.5 Å². The van der Waals surface area contributed by atoms with Crippen molar-refractivity contribution in [2.45, 2.75) is 50.7 Å². The molecule has 34 heavy (non-hydrogen) atoms. The average Bonchev–Trinajstić information content (AvgIpc) is 3.19. The second kappa shape index (κ2) is 9.24. The van der Waals surface area contributed by atoms with Gasteiger partial charge in [-0.2, -0.15) is 18.3 Å². The van der Waals surface area contributed by atoms with Crippen LogP contribution in [0.15, 0.2) is 24.3 Å². The number of likely N-dealkylation sites (tertiary alicyclic amines) is 1. The largest absolute Gasteiger partial charge is 0.416 e. The number of rotatable bonds is 3. The molecule has 1 amide bonds. The van der Waals surface area contributed by atoms with Gasteiger partial charge in [0.1, 0.15) is 0 Å². The summed E-state index contributed by atoms with van der Waals surface area (Å²) in [6, 6.07) is 5.93. The van der Waals surface area contributed by atoms with E-state index in [-0.39, 0.29) is 5.91 Å². The lowest BCUT2D eigenvalue weighted by molar-refractivity contribution is -0.137. The van der Waals surface area contributed by atoms with Gasteiger partial charge in [-0.25, -0.2) is 0 Å². The number of anilines is 1. The Bertz CT molecular complexity index is 1040. The van der Waals surface area contributed by atoms with Crippen LogP contribution in [0, 0.1) is 0 Å². The quantitative estimate of drug-likeness (QED) is 0.679. The second-order valence-corrected chi connectivity index (χ2v) is 9.72. The Morgan fingerprint density at radius 2 is 1.76 bits per heavy atom. The summed E-state index contributed by atoms with van der Waals surface area (Å²) in [5, 5.41) is 4.63. The number of fused-ring (bicyclic) bond motifs is 1. The first-order valence-corrected chi connectivity index (χ1v) is 12.3. The van der Waals surface area contributed by atoms with Crippen molar-refractivity contribution in [3.63, 3.8) is 0 Å². The number of carbonyl (C=O) groups excluding carboxylic acids is 1. The SMILES string of the molecule is Cn1nc(C(=O)N2CCCCC2)c2c1CCC(N1CCN(c3cccc(C(F)(F)F)c3)CC1)C2. The number of piperidine rings is 1. The lowest BCUT2D eigenvalue weighted by Gasteiger charge is -2.41. The van der Waals surface area contributed by atoms with E-state index in [0.717, 1.165) is 69.9 Å². The number of aryl methyl sites for hydroxylation is 1. The van der Waals surface area contributed by atoms with Crippen molar-refractivity contribution in [2.75, 3.05) is 44.2 Å². The van der Waals surface area contributed by atoms with Crippen LogP contribution < -0.4 is 4.90 Å². The molecule has 3 heterocycles. The number of benzene rings is 1. The number of alkyl halides is 3. The van der Waals surface area contributed by atoms with Crippen molar-refractivity contribution < 1.29 is 18.0 Å². The highest BCUT2D eigenvalue weighted by Gasteiger charge is 2.35. The smallest absolute Gasteiger partial charge is 0.369 e. The number of nitrogens with zero attached hydrogens (tertiary/aromatic N) is 5. The molecule has 0 N–H and O–H groups in total. The molecule has 0 bridgehead atoms. The van der Waals surface area contributed by atoms with Crippen molar-refractivity contribution in [3.05, 3.63) is 46.8 Å². The second-order valence-electron chi connectivity index (χ2n) is 9.72. The fourth-order valence-electron chi connectivity index (χ4n) is 5.73. The van der Waals surface area contributed by atoms with Gasteiger partial charge in [-0.3, -0.25) is 14.4 Å². The van der Waals surface area contributed by atoms with Crippen LogP contribution in [0.3, 0.4) is 0 Å². The van der Waals surface area contributed by atoms with Crippen LogP contribution >= 0.6 is 0 Å². The normalized spacial score (nSPS) is 22.1. The van der Waals surface area contributed by atoms with Gasteiger partial charge in [0.15, 0.2) is 5.69 Å². The third kappa shape index (κ3) is 4.54. The van der Waals surface area contributed by atoms with Crippen molar-refractivity contribution in [1.29, 1.82) is 0 Å². The van der Waals surface area contributed by atoms with Gasteiger partial charge in [0.25, 0.3) is 5.91 Å². The maximum atomic E-state index is 13.2. The fraction of sp³-hybridized carbons (Fsp3) is 0.600. The van der Waals surface area contributed by atoms with Crippen molar-refractivity contribution in [3.8, 4) is 0 Å². The molecule has 5 rings (SSSR count). The van der Waals surface area contributed by atoms with E-state index in [1.54, 1.807) is 6.07 Å². The lowest BCUT2D eigenvalue weighted by Crippen LogP contribution is -2.52. The zero-order chi connectivity index (χ0) is 23.9. The minimum atomic E-state index is -4.33. The molecule has 6 nitrogen and oxygen atoms in total. The molecule has 2 saturated heterocycles. The number of hydrogen-bond donors (Lipinski definition) is 0. The molecule has 0 saturated carbocycles. The minimum absolute atomic E-state index is 0.0616. The predicted molar refractivity (Wildman–Crippen MR) is 124 cm³/mol. The van der Waals surface area contributed by atoms with Crippen molar-refractivity contribution >= 4 is 11.6 Å². The summed E-state index contributed by atoms with van der Waals surface area (Å²) >= 11 is 0. The summed E-state index contributed by atoms with van der Waals surface area (Å²) < 4.78 is 41.2. The van der Waals surface area contributed by atoms with Gasteiger partial charge in [0, 0.05) is 69.3 Å². The van der Waals surface area contributed by atoms with Crippen LogP contribution in [0.5, 0.6) is 0 Å². The Morgan fingerprint density at radius 1 is 1.03 bits per heavy atom. The molecule has 1 aromatic carbocycles. The minimum Gasteiger partial charge on any atom is -0.369 e. The number of amides is 1. The maximum Gasteiger partial charge on any atom is 0.416 e. The summed E-state index contributed by atoms with van der Waals surface area (Å²) in [4.78, 5) is 19.6. The molecule has 184 valence electrons. The van der Waals surface area contributed by atoms with Crippen LogP contribution in [-0.2, 0) is 26.1 Å². The maximum absolute atomic E-state index is 13.2. The Labute approximate surface area is 198 Å². The van der Waals surface area contributed by atoms with Gasteiger partial charge >= 0.3 is 6.18 Å². The van der Waals surface area contributed by atoms with Gasteiger partial charge in [0.2, 0.25) is 0 Å². The molecule has 1 aromatic heterocycles. The number of halogens is 3. The average molecular weight is 476 g/mol. The highest BCUT2D eigenvalue weighted by atomic mass is 19.4. The Hall–Kier alpha value is -2.55. The Morgan fingerprint density at radius 3 is 2.47 bits per heavy atom.